The third-order valence-corrected chi connectivity index (χ3v) is 3.10. The molecular formula is C13H16N2O. The third-order valence-electron chi connectivity index (χ3n) is 3.10. The van der Waals surface area contributed by atoms with Crippen molar-refractivity contribution in [1.82, 2.24) is 5.32 Å². The third kappa shape index (κ3) is 2.60. The zero-order chi connectivity index (χ0) is 11.4. The van der Waals surface area contributed by atoms with E-state index >= 15 is 0 Å². The highest BCUT2D eigenvalue weighted by atomic mass is 16.3. The van der Waals surface area contributed by atoms with E-state index in [2.05, 4.69) is 11.4 Å². The normalized spacial score (nSPS) is 24.2. The number of hydrogen-bond acceptors (Lipinski definition) is 3. The lowest BCUT2D eigenvalue weighted by atomic mass is 10.1. The Hall–Kier alpha value is -1.37. The van der Waals surface area contributed by atoms with Gasteiger partial charge in [-0.1, -0.05) is 12.1 Å². The molecule has 0 aliphatic heterocycles. The summed E-state index contributed by atoms with van der Waals surface area (Å²) < 4.78 is 0. The summed E-state index contributed by atoms with van der Waals surface area (Å²) in [4.78, 5) is 0. The van der Waals surface area contributed by atoms with Crippen LogP contribution in [0.25, 0.3) is 0 Å². The molecule has 1 aliphatic carbocycles. The molecule has 1 aliphatic rings. The number of nitrogens with zero attached hydrogens (tertiary/aromatic N) is 1. The minimum atomic E-state index is -0.209. The molecule has 0 bridgehead atoms. The average Bonchev–Trinajstić information content (AvgIpc) is 2.72. The van der Waals surface area contributed by atoms with E-state index in [1.165, 1.54) is 0 Å². The van der Waals surface area contributed by atoms with Crippen molar-refractivity contribution in [1.29, 1.82) is 5.26 Å². The zero-order valence-electron chi connectivity index (χ0n) is 9.19. The Morgan fingerprint density at radius 2 is 2.31 bits per heavy atom. The van der Waals surface area contributed by atoms with Crippen LogP contribution in [-0.2, 0) is 6.54 Å². The number of aliphatic hydroxyl groups is 1. The molecule has 0 heterocycles. The molecule has 3 nitrogen and oxygen atoms in total. The molecule has 2 atom stereocenters. The first-order valence-corrected chi connectivity index (χ1v) is 5.70. The largest absolute Gasteiger partial charge is 0.392 e. The highest BCUT2D eigenvalue weighted by molar-refractivity contribution is 5.32. The van der Waals surface area contributed by atoms with Gasteiger partial charge < -0.3 is 10.4 Å². The molecule has 1 aromatic rings. The summed E-state index contributed by atoms with van der Waals surface area (Å²) in [6, 6.07) is 9.91. The van der Waals surface area contributed by atoms with Gasteiger partial charge in [-0.2, -0.15) is 5.26 Å². The van der Waals surface area contributed by atoms with Gasteiger partial charge in [-0.25, -0.2) is 0 Å². The second kappa shape index (κ2) is 5.11. The van der Waals surface area contributed by atoms with E-state index in [1.54, 1.807) is 6.07 Å². The predicted molar refractivity (Wildman–Crippen MR) is 61.6 cm³/mol. The van der Waals surface area contributed by atoms with Gasteiger partial charge in [0.05, 0.1) is 17.7 Å². The summed E-state index contributed by atoms with van der Waals surface area (Å²) in [6.45, 7) is 0.719. The first kappa shape index (κ1) is 11.1. The molecule has 2 unspecified atom stereocenters. The summed E-state index contributed by atoms with van der Waals surface area (Å²) in [5.74, 6) is 0. The Labute approximate surface area is 95.7 Å². The van der Waals surface area contributed by atoms with Crippen molar-refractivity contribution in [2.75, 3.05) is 0 Å². The second-order valence-corrected chi connectivity index (χ2v) is 4.30. The molecule has 1 aromatic carbocycles. The minimum Gasteiger partial charge on any atom is -0.392 e. The van der Waals surface area contributed by atoms with Crippen LogP contribution in [0.5, 0.6) is 0 Å². The topological polar surface area (TPSA) is 56.0 Å². The molecule has 3 heteroatoms. The monoisotopic (exact) mass is 216 g/mol. The lowest BCUT2D eigenvalue weighted by Gasteiger charge is -2.16. The van der Waals surface area contributed by atoms with Crippen molar-refractivity contribution >= 4 is 0 Å². The Kier molecular flexibility index (Phi) is 3.55. The van der Waals surface area contributed by atoms with Gasteiger partial charge >= 0.3 is 0 Å². The molecule has 2 rings (SSSR count). The van der Waals surface area contributed by atoms with E-state index in [0.717, 1.165) is 31.4 Å². The molecule has 1 saturated carbocycles. The Bertz CT molecular complexity index is 397. The van der Waals surface area contributed by atoms with Crippen molar-refractivity contribution in [2.24, 2.45) is 0 Å². The molecule has 0 radical (unpaired) electrons. The van der Waals surface area contributed by atoms with Crippen LogP contribution < -0.4 is 5.32 Å². The van der Waals surface area contributed by atoms with Gasteiger partial charge in [-0.15, -0.1) is 0 Å². The standard InChI is InChI=1S/C13H16N2O/c14-8-10-3-1-4-11(7-10)9-15-12-5-2-6-13(12)16/h1,3-4,7,12-13,15-16H,2,5-6,9H2. The van der Waals surface area contributed by atoms with Crippen LogP contribution in [0.4, 0.5) is 0 Å². The number of benzene rings is 1. The molecule has 0 saturated heterocycles. The van der Waals surface area contributed by atoms with Gasteiger partial charge in [-0.05, 0) is 37.0 Å². The maximum Gasteiger partial charge on any atom is 0.0991 e. The molecule has 16 heavy (non-hydrogen) atoms. The molecule has 2 N–H and O–H groups in total. The van der Waals surface area contributed by atoms with Crippen LogP contribution >= 0.6 is 0 Å². The Balaban J connectivity index is 1.92. The highest BCUT2D eigenvalue weighted by Crippen LogP contribution is 2.19. The molecular weight excluding hydrogens is 200 g/mol. The molecule has 1 fully saturated rings. The number of hydrogen-bond donors (Lipinski definition) is 2. The maximum atomic E-state index is 9.65. The quantitative estimate of drug-likeness (QED) is 0.806. The van der Waals surface area contributed by atoms with Crippen LogP contribution in [0.1, 0.15) is 30.4 Å². The van der Waals surface area contributed by atoms with Crippen LogP contribution in [0.2, 0.25) is 0 Å². The number of aliphatic hydroxyl groups excluding tert-OH is 1. The first-order valence-electron chi connectivity index (χ1n) is 5.70. The Morgan fingerprint density at radius 3 is 3.00 bits per heavy atom. The molecule has 0 aromatic heterocycles. The minimum absolute atomic E-state index is 0.209. The number of nitrogens with one attached hydrogen (secondary N) is 1. The molecule has 0 amide bonds. The van der Waals surface area contributed by atoms with Crippen molar-refractivity contribution in [3.05, 3.63) is 35.4 Å². The van der Waals surface area contributed by atoms with E-state index in [4.69, 9.17) is 5.26 Å². The van der Waals surface area contributed by atoms with Crippen molar-refractivity contribution in [2.45, 2.75) is 38.0 Å². The van der Waals surface area contributed by atoms with Gasteiger partial charge in [0.15, 0.2) is 0 Å². The summed E-state index contributed by atoms with van der Waals surface area (Å²) >= 11 is 0. The van der Waals surface area contributed by atoms with E-state index in [1.807, 2.05) is 18.2 Å². The molecule has 84 valence electrons. The lowest BCUT2D eigenvalue weighted by Crippen LogP contribution is -2.35. The van der Waals surface area contributed by atoms with E-state index < -0.39 is 0 Å². The average molecular weight is 216 g/mol. The number of rotatable bonds is 3. The summed E-state index contributed by atoms with van der Waals surface area (Å²) in [5, 5.41) is 21.8. The van der Waals surface area contributed by atoms with Crippen LogP contribution in [0.15, 0.2) is 24.3 Å². The second-order valence-electron chi connectivity index (χ2n) is 4.30. The van der Waals surface area contributed by atoms with Gasteiger partial charge in [0.1, 0.15) is 0 Å². The van der Waals surface area contributed by atoms with E-state index in [-0.39, 0.29) is 12.1 Å². The Morgan fingerprint density at radius 1 is 1.44 bits per heavy atom. The highest BCUT2D eigenvalue weighted by Gasteiger charge is 2.24. The lowest BCUT2D eigenvalue weighted by molar-refractivity contribution is 0.148. The fourth-order valence-corrected chi connectivity index (χ4v) is 2.18. The maximum absolute atomic E-state index is 9.65. The van der Waals surface area contributed by atoms with Crippen LogP contribution in [-0.4, -0.2) is 17.3 Å². The number of nitriles is 1. The van der Waals surface area contributed by atoms with Crippen molar-refractivity contribution in [3.8, 4) is 6.07 Å². The van der Waals surface area contributed by atoms with Gasteiger partial charge in [0.25, 0.3) is 0 Å². The molecule has 0 spiro atoms. The van der Waals surface area contributed by atoms with Crippen LogP contribution in [0.3, 0.4) is 0 Å². The van der Waals surface area contributed by atoms with E-state index in [9.17, 15) is 5.11 Å². The fraction of sp³-hybridized carbons (Fsp3) is 0.462. The summed E-state index contributed by atoms with van der Waals surface area (Å²) in [7, 11) is 0. The summed E-state index contributed by atoms with van der Waals surface area (Å²) in [6.07, 6.45) is 2.82. The smallest absolute Gasteiger partial charge is 0.0991 e. The van der Waals surface area contributed by atoms with Gasteiger partial charge in [-0.3, -0.25) is 0 Å². The van der Waals surface area contributed by atoms with Gasteiger partial charge in [0.2, 0.25) is 0 Å². The van der Waals surface area contributed by atoms with Crippen LogP contribution in [0, 0.1) is 11.3 Å². The zero-order valence-corrected chi connectivity index (χ0v) is 9.19. The fourth-order valence-electron chi connectivity index (χ4n) is 2.18. The van der Waals surface area contributed by atoms with Crippen molar-refractivity contribution < 1.29 is 5.11 Å². The van der Waals surface area contributed by atoms with Crippen molar-refractivity contribution in [3.63, 3.8) is 0 Å². The first-order chi connectivity index (χ1) is 7.79. The SMILES string of the molecule is N#Cc1cccc(CNC2CCCC2O)c1. The predicted octanol–water partition coefficient (Wildman–Crippen LogP) is 1.56. The van der Waals surface area contributed by atoms with E-state index in [0.29, 0.717) is 5.56 Å². The van der Waals surface area contributed by atoms with Gasteiger partial charge in [0, 0.05) is 12.6 Å². The summed E-state index contributed by atoms with van der Waals surface area (Å²) in [5.41, 5.74) is 1.78.